The van der Waals surface area contributed by atoms with Gasteiger partial charge >= 0.3 is 5.97 Å². The number of rotatable bonds is 16. The summed E-state index contributed by atoms with van der Waals surface area (Å²) in [4.78, 5) is 48.9. The monoisotopic (exact) mass is 480 g/mol. The first kappa shape index (κ1) is 29.5. The highest BCUT2D eigenvalue weighted by Gasteiger charge is 2.30. The lowest BCUT2D eigenvalue weighted by Crippen LogP contribution is -2.58. The van der Waals surface area contributed by atoms with Crippen LogP contribution >= 0.6 is 23.5 Å². The smallest absolute Gasteiger partial charge is 0.326 e. The van der Waals surface area contributed by atoms with Crippen molar-refractivity contribution in [3.63, 3.8) is 0 Å². The molecule has 0 saturated heterocycles. The Balaban J connectivity index is 5.18. The summed E-state index contributed by atoms with van der Waals surface area (Å²) >= 11 is 2.92. The summed E-state index contributed by atoms with van der Waals surface area (Å²) < 4.78 is 0. The van der Waals surface area contributed by atoms with Crippen LogP contribution in [-0.2, 0) is 19.2 Å². The summed E-state index contributed by atoms with van der Waals surface area (Å²) in [5.41, 5.74) is 5.94. The lowest BCUT2D eigenvalue weighted by atomic mass is 9.99. The quantitative estimate of drug-likeness (QED) is 0.169. The van der Waals surface area contributed by atoms with E-state index in [9.17, 15) is 29.4 Å². The van der Waals surface area contributed by atoms with Crippen LogP contribution in [0.2, 0.25) is 0 Å². The molecule has 31 heavy (non-hydrogen) atoms. The second kappa shape index (κ2) is 16.2. The van der Waals surface area contributed by atoms with Crippen molar-refractivity contribution in [1.29, 1.82) is 0 Å². The van der Waals surface area contributed by atoms with Gasteiger partial charge in [0.2, 0.25) is 17.7 Å². The molecule has 5 atom stereocenters. The topological polar surface area (TPSA) is 171 Å². The number of carbonyl (C=O) groups excluding carboxylic acids is 3. The number of aliphatic carboxylic acids is 1. The van der Waals surface area contributed by atoms with Gasteiger partial charge in [-0.2, -0.15) is 23.5 Å². The van der Waals surface area contributed by atoms with Crippen LogP contribution in [0.4, 0.5) is 0 Å². The number of carbonyl (C=O) groups is 4. The number of aliphatic hydroxyl groups excluding tert-OH is 1. The summed E-state index contributed by atoms with van der Waals surface area (Å²) in [6.07, 6.45) is 4.87. The standard InChI is InChI=1S/C19H36N4O6S2/c1-5-11(2)15(20)18(27)21-12(6-8-30-3)16(25)23-14(10-24)17(26)22-13(19(28)29)7-9-31-4/h11-15,24H,5-10,20H2,1-4H3,(H,21,27)(H,22,26)(H,23,25)(H,28,29). The van der Waals surface area contributed by atoms with Crippen molar-refractivity contribution in [1.82, 2.24) is 16.0 Å². The highest BCUT2D eigenvalue weighted by Crippen LogP contribution is 2.08. The third kappa shape index (κ3) is 11.1. The first-order valence-corrected chi connectivity index (χ1v) is 12.9. The van der Waals surface area contributed by atoms with E-state index < -0.39 is 54.5 Å². The van der Waals surface area contributed by atoms with E-state index in [0.717, 1.165) is 0 Å². The van der Waals surface area contributed by atoms with Gasteiger partial charge in [-0.1, -0.05) is 20.3 Å². The van der Waals surface area contributed by atoms with Crippen LogP contribution in [-0.4, -0.2) is 88.7 Å². The summed E-state index contributed by atoms with van der Waals surface area (Å²) in [5, 5.41) is 26.2. The molecule has 5 unspecified atom stereocenters. The summed E-state index contributed by atoms with van der Waals surface area (Å²) in [6.45, 7) is 3.02. The van der Waals surface area contributed by atoms with Crippen LogP contribution in [0.5, 0.6) is 0 Å². The van der Waals surface area contributed by atoms with Gasteiger partial charge in [-0.15, -0.1) is 0 Å². The fourth-order valence-corrected chi connectivity index (χ4v) is 3.46. The first-order valence-electron chi connectivity index (χ1n) is 10.1. The van der Waals surface area contributed by atoms with Gasteiger partial charge in [0.15, 0.2) is 0 Å². The summed E-state index contributed by atoms with van der Waals surface area (Å²) in [5.74, 6) is -2.11. The van der Waals surface area contributed by atoms with Gasteiger partial charge in [0, 0.05) is 0 Å². The molecular weight excluding hydrogens is 444 g/mol. The Hall–Kier alpha value is -1.50. The molecule has 0 aromatic rings. The number of carboxylic acids is 1. The number of nitrogens with one attached hydrogen (secondary N) is 3. The number of thioether (sulfide) groups is 2. The Bertz CT molecular complexity index is 596. The first-order chi connectivity index (χ1) is 14.6. The van der Waals surface area contributed by atoms with E-state index in [1.165, 1.54) is 23.5 Å². The number of hydrogen-bond acceptors (Lipinski definition) is 8. The fraction of sp³-hybridized carbons (Fsp3) is 0.789. The molecule has 0 fully saturated rings. The zero-order chi connectivity index (χ0) is 24.0. The highest BCUT2D eigenvalue weighted by atomic mass is 32.2. The van der Waals surface area contributed by atoms with E-state index in [0.29, 0.717) is 24.3 Å². The third-order valence-corrected chi connectivity index (χ3v) is 6.13. The molecule has 0 aliphatic rings. The minimum absolute atomic E-state index is 0.0746. The number of aliphatic hydroxyl groups is 1. The largest absolute Gasteiger partial charge is 0.480 e. The molecule has 0 bridgehead atoms. The third-order valence-electron chi connectivity index (χ3n) is 4.84. The second-order valence-electron chi connectivity index (χ2n) is 7.18. The van der Waals surface area contributed by atoms with Crippen molar-refractivity contribution < 1.29 is 29.4 Å². The molecule has 180 valence electrons. The zero-order valence-electron chi connectivity index (χ0n) is 18.6. The minimum Gasteiger partial charge on any atom is -0.480 e. The Morgan fingerprint density at radius 2 is 1.32 bits per heavy atom. The van der Waals surface area contributed by atoms with Gasteiger partial charge in [-0.05, 0) is 42.8 Å². The van der Waals surface area contributed by atoms with Gasteiger partial charge in [0.1, 0.15) is 18.1 Å². The maximum atomic E-state index is 12.7. The predicted octanol–water partition coefficient (Wildman–Crippen LogP) is -0.603. The van der Waals surface area contributed by atoms with Crippen molar-refractivity contribution in [2.24, 2.45) is 11.7 Å². The molecule has 0 rings (SSSR count). The number of carboxylic acid groups (broad SMARTS) is 1. The maximum Gasteiger partial charge on any atom is 0.326 e. The Labute approximate surface area is 192 Å². The Kier molecular flexibility index (Phi) is 15.4. The van der Waals surface area contributed by atoms with Crippen molar-refractivity contribution in [2.75, 3.05) is 30.6 Å². The Morgan fingerprint density at radius 3 is 1.77 bits per heavy atom. The predicted molar refractivity (Wildman–Crippen MR) is 124 cm³/mol. The van der Waals surface area contributed by atoms with E-state index in [4.69, 9.17) is 5.73 Å². The van der Waals surface area contributed by atoms with Gasteiger partial charge < -0.3 is 31.9 Å². The molecule has 7 N–H and O–H groups in total. The summed E-state index contributed by atoms with van der Waals surface area (Å²) in [7, 11) is 0. The van der Waals surface area contributed by atoms with E-state index in [2.05, 4.69) is 16.0 Å². The molecule has 10 nitrogen and oxygen atoms in total. The van der Waals surface area contributed by atoms with Crippen molar-refractivity contribution in [2.45, 2.75) is 57.3 Å². The van der Waals surface area contributed by atoms with Gasteiger partial charge in [-0.25, -0.2) is 4.79 Å². The molecule has 0 aliphatic heterocycles. The lowest BCUT2D eigenvalue weighted by Gasteiger charge is -2.25. The fourth-order valence-electron chi connectivity index (χ4n) is 2.52. The molecule has 3 amide bonds. The number of hydrogen-bond donors (Lipinski definition) is 6. The van der Waals surface area contributed by atoms with Gasteiger partial charge in [0.05, 0.1) is 12.6 Å². The average Bonchev–Trinajstić information content (AvgIpc) is 2.75. The van der Waals surface area contributed by atoms with Crippen LogP contribution in [0.1, 0.15) is 33.1 Å². The number of amides is 3. The molecular formula is C19H36N4O6S2. The molecule has 12 heteroatoms. The van der Waals surface area contributed by atoms with E-state index >= 15 is 0 Å². The van der Waals surface area contributed by atoms with Crippen LogP contribution in [0.15, 0.2) is 0 Å². The van der Waals surface area contributed by atoms with Crippen molar-refractivity contribution >= 4 is 47.2 Å². The molecule has 0 aliphatic carbocycles. The molecule has 0 radical (unpaired) electrons. The van der Waals surface area contributed by atoms with E-state index in [1.807, 2.05) is 26.4 Å². The number of nitrogens with two attached hydrogens (primary N) is 1. The van der Waals surface area contributed by atoms with E-state index in [1.54, 1.807) is 0 Å². The second-order valence-corrected chi connectivity index (χ2v) is 9.15. The average molecular weight is 481 g/mol. The van der Waals surface area contributed by atoms with Crippen LogP contribution in [0.25, 0.3) is 0 Å². The molecule has 0 spiro atoms. The molecule has 0 saturated carbocycles. The van der Waals surface area contributed by atoms with Crippen LogP contribution < -0.4 is 21.7 Å². The lowest BCUT2D eigenvalue weighted by molar-refractivity contribution is -0.142. The van der Waals surface area contributed by atoms with Crippen LogP contribution in [0.3, 0.4) is 0 Å². The van der Waals surface area contributed by atoms with Crippen LogP contribution in [0, 0.1) is 5.92 Å². The van der Waals surface area contributed by atoms with E-state index in [-0.39, 0.29) is 12.3 Å². The van der Waals surface area contributed by atoms with Crippen molar-refractivity contribution in [3.05, 3.63) is 0 Å². The highest BCUT2D eigenvalue weighted by molar-refractivity contribution is 7.98. The normalized spacial score (nSPS) is 15.8. The minimum atomic E-state index is -1.35. The van der Waals surface area contributed by atoms with Crippen molar-refractivity contribution in [3.8, 4) is 0 Å². The molecule has 0 aromatic carbocycles. The zero-order valence-corrected chi connectivity index (χ0v) is 20.2. The van der Waals surface area contributed by atoms with Gasteiger partial charge in [0.25, 0.3) is 0 Å². The van der Waals surface area contributed by atoms with Gasteiger partial charge in [-0.3, -0.25) is 14.4 Å². The molecule has 0 aromatic heterocycles. The molecule has 0 heterocycles. The SMILES string of the molecule is CCC(C)C(N)C(=O)NC(CCSC)C(=O)NC(CO)C(=O)NC(CCSC)C(=O)O. The summed E-state index contributed by atoms with van der Waals surface area (Å²) in [6, 6.07) is -4.20. The Morgan fingerprint density at radius 1 is 0.871 bits per heavy atom. The maximum absolute atomic E-state index is 12.7.